The van der Waals surface area contributed by atoms with Crippen molar-refractivity contribution in [1.82, 2.24) is 19.6 Å². The van der Waals surface area contributed by atoms with Gasteiger partial charge in [0.2, 0.25) is 5.69 Å². The van der Waals surface area contributed by atoms with E-state index in [1.807, 2.05) is 11.5 Å². The van der Waals surface area contributed by atoms with Crippen LogP contribution in [0.2, 0.25) is 0 Å². The minimum absolute atomic E-state index is 0.148. The van der Waals surface area contributed by atoms with Crippen LogP contribution in [0.25, 0.3) is 5.52 Å². The van der Waals surface area contributed by atoms with E-state index in [1.165, 1.54) is 11.8 Å². The predicted octanol–water partition coefficient (Wildman–Crippen LogP) is -1.48. The largest absolute Gasteiger partial charge is 0.543 e. The van der Waals surface area contributed by atoms with Crippen LogP contribution in [0.3, 0.4) is 0 Å². The number of oxime groups is 1. The number of fused-ring (bicyclic) bond motifs is 2. The number of nitrogens with zero attached hydrogens (tertiary/aromatic N) is 5. The lowest BCUT2D eigenvalue weighted by Crippen LogP contribution is -2.71. The summed E-state index contributed by atoms with van der Waals surface area (Å²) in [7, 11) is 0. The number of thiazole rings is 1. The molecule has 0 aromatic carbocycles. The van der Waals surface area contributed by atoms with Gasteiger partial charge in [0.1, 0.15) is 34.9 Å². The molecule has 1 saturated heterocycles. The van der Waals surface area contributed by atoms with Gasteiger partial charge in [0.05, 0.1) is 17.9 Å². The van der Waals surface area contributed by atoms with Gasteiger partial charge in [0.25, 0.3) is 17.7 Å². The average Bonchev–Trinajstić information content (AvgIpc) is 3.55. The molecule has 0 bridgehead atoms. The van der Waals surface area contributed by atoms with Gasteiger partial charge in [0, 0.05) is 23.6 Å². The van der Waals surface area contributed by atoms with Crippen LogP contribution >= 0.6 is 23.1 Å². The minimum Gasteiger partial charge on any atom is -0.543 e. The number of carboxylic acids is 1. The molecule has 0 saturated carbocycles. The maximum atomic E-state index is 13.1. The van der Waals surface area contributed by atoms with E-state index in [1.54, 1.807) is 41.2 Å². The van der Waals surface area contributed by atoms with Crippen molar-refractivity contribution in [2.75, 3.05) is 18.1 Å². The Morgan fingerprint density at radius 3 is 2.77 bits per heavy atom. The van der Waals surface area contributed by atoms with Crippen molar-refractivity contribution < 1.29 is 33.7 Å². The first-order valence-electron chi connectivity index (χ1n) is 12.0. The fourth-order valence-electron chi connectivity index (χ4n) is 4.62. The number of anilines is 1. The zero-order chi connectivity index (χ0) is 28.7. The summed E-state index contributed by atoms with van der Waals surface area (Å²) >= 11 is 2.44. The summed E-state index contributed by atoms with van der Waals surface area (Å²) in [6, 6.07) is 2.37. The predicted molar refractivity (Wildman–Crippen MR) is 143 cm³/mol. The number of hydrogen-bond acceptors (Lipinski definition) is 11. The summed E-state index contributed by atoms with van der Waals surface area (Å²) in [5, 5.41) is 19.8. The number of primary amides is 1. The van der Waals surface area contributed by atoms with Gasteiger partial charge >= 0.3 is 0 Å². The summed E-state index contributed by atoms with van der Waals surface area (Å²) in [6.07, 6.45) is 3.37. The monoisotopic (exact) mass is 584 g/mol. The number of nitrogens with one attached hydrogen (secondary N) is 1. The summed E-state index contributed by atoms with van der Waals surface area (Å²) in [6.45, 7) is 3.89. The fourth-order valence-corrected chi connectivity index (χ4v) is 6.50. The number of nitrogen functional groups attached to an aromatic ring is 1. The second kappa shape index (κ2) is 10.6. The highest BCUT2D eigenvalue weighted by atomic mass is 32.2. The third kappa shape index (κ3) is 4.64. The molecule has 40 heavy (non-hydrogen) atoms. The second-order valence-corrected chi connectivity index (χ2v) is 10.9. The van der Waals surface area contributed by atoms with E-state index in [9.17, 15) is 24.3 Å². The summed E-state index contributed by atoms with van der Waals surface area (Å²) in [4.78, 5) is 60.3. The number of aliphatic carboxylic acids is 1. The number of nitrogens with two attached hydrogens (primary N) is 2. The molecule has 5 rings (SSSR count). The number of hydrogen-bond donors (Lipinski definition) is 3. The smallest absolute Gasteiger partial charge is 0.276 e. The van der Waals surface area contributed by atoms with Gasteiger partial charge in [-0.2, -0.15) is 4.57 Å². The Kier molecular flexibility index (Phi) is 7.20. The van der Waals surface area contributed by atoms with Crippen LogP contribution in [0.5, 0.6) is 0 Å². The van der Waals surface area contributed by atoms with Crippen molar-refractivity contribution in [1.29, 1.82) is 0 Å². The molecular weight excluding hydrogens is 560 g/mol. The number of β-lactam (4-membered cyclic amide) rings is 1. The quantitative estimate of drug-likeness (QED) is 0.116. The standard InChI is InChI=1S/C24H24N8O6S2/c1-3-38-29-16(13-10-40-24(26)27-13)20(34)28-17-21(35)32-18(23(36)37)12(9-39-22(17)32)8-30-6-7-31-14(11(30)2)4-5-15(31)19(25)33/h4-7,10,17,22H,3,8-9H2,1-2H3,(H5-,25,26,27,28,33,34,36,37)/b29-16-/t17-,22-/m1/s1. The lowest BCUT2D eigenvalue weighted by molar-refractivity contribution is -0.694. The first kappa shape index (κ1) is 27.1. The minimum atomic E-state index is -1.49. The number of carbonyl (C=O) groups is 4. The number of amides is 3. The highest BCUT2D eigenvalue weighted by Crippen LogP contribution is 2.40. The van der Waals surface area contributed by atoms with E-state index in [2.05, 4.69) is 15.5 Å². The highest BCUT2D eigenvalue weighted by molar-refractivity contribution is 8.00. The molecule has 0 radical (unpaired) electrons. The first-order valence-corrected chi connectivity index (χ1v) is 13.9. The molecule has 5 N–H and O–H groups in total. The van der Waals surface area contributed by atoms with Crippen LogP contribution in [0.1, 0.15) is 28.8 Å². The number of aromatic nitrogens is 3. The molecule has 208 valence electrons. The molecule has 2 aliphatic rings. The number of rotatable bonds is 9. The number of thioether (sulfide) groups is 1. The lowest BCUT2D eigenvalue weighted by atomic mass is 10.0. The van der Waals surface area contributed by atoms with Crippen molar-refractivity contribution in [2.24, 2.45) is 10.9 Å². The Hall–Kier alpha value is -4.44. The van der Waals surface area contributed by atoms with Crippen molar-refractivity contribution in [3.05, 3.63) is 58.3 Å². The summed E-state index contributed by atoms with van der Waals surface area (Å²) < 4.78 is 3.47. The average molecular weight is 585 g/mol. The van der Waals surface area contributed by atoms with Gasteiger partial charge in [-0.15, -0.1) is 23.1 Å². The zero-order valence-electron chi connectivity index (χ0n) is 21.3. The van der Waals surface area contributed by atoms with Crippen LogP contribution < -0.4 is 26.5 Å². The van der Waals surface area contributed by atoms with Crippen molar-refractivity contribution >= 4 is 63.1 Å². The normalized spacial score (nSPS) is 18.9. The van der Waals surface area contributed by atoms with E-state index in [-0.39, 0.29) is 41.1 Å². The molecular formula is C24H24N8O6S2. The first-order chi connectivity index (χ1) is 19.1. The van der Waals surface area contributed by atoms with Gasteiger partial charge < -0.3 is 35.9 Å². The fraction of sp³-hybridized carbons (Fsp3) is 0.292. The zero-order valence-corrected chi connectivity index (χ0v) is 23.0. The summed E-state index contributed by atoms with van der Waals surface area (Å²) in [5.74, 6) is -3.08. The van der Waals surface area contributed by atoms with Crippen molar-refractivity contribution in [3.63, 3.8) is 0 Å². The number of aryl methyl sites for hydroxylation is 1. The Bertz CT molecular complexity index is 1630. The van der Waals surface area contributed by atoms with E-state index in [4.69, 9.17) is 16.3 Å². The van der Waals surface area contributed by atoms with Gasteiger partial charge in [-0.1, -0.05) is 5.16 Å². The van der Waals surface area contributed by atoms with Gasteiger partial charge in [-0.25, -0.2) is 4.98 Å². The number of carboxylic acid groups (broad SMARTS) is 1. The third-order valence-corrected chi connectivity index (χ3v) is 8.53. The maximum Gasteiger partial charge on any atom is 0.276 e. The Morgan fingerprint density at radius 2 is 2.12 bits per heavy atom. The Morgan fingerprint density at radius 1 is 1.35 bits per heavy atom. The molecule has 3 aromatic heterocycles. The molecule has 5 heterocycles. The molecule has 0 spiro atoms. The third-order valence-electron chi connectivity index (χ3n) is 6.52. The van der Waals surface area contributed by atoms with Crippen LogP contribution in [0.4, 0.5) is 5.13 Å². The van der Waals surface area contributed by atoms with Gasteiger partial charge in [-0.3, -0.25) is 19.3 Å². The Balaban J connectivity index is 1.38. The van der Waals surface area contributed by atoms with Crippen LogP contribution in [-0.4, -0.2) is 67.5 Å². The lowest BCUT2D eigenvalue weighted by Gasteiger charge is -2.50. The maximum absolute atomic E-state index is 13.1. The number of carbonyl (C=O) groups excluding carboxylic acids is 4. The second-order valence-electron chi connectivity index (χ2n) is 8.88. The molecule has 16 heteroatoms. The molecule has 3 amide bonds. The van der Waals surface area contributed by atoms with Crippen LogP contribution in [-0.2, 0) is 25.8 Å². The molecule has 0 aliphatic carbocycles. The van der Waals surface area contributed by atoms with Gasteiger partial charge in [-0.05, 0) is 19.1 Å². The van der Waals surface area contributed by atoms with Crippen LogP contribution in [0, 0.1) is 6.92 Å². The van der Waals surface area contributed by atoms with E-state index < -0.39 is 35.1 Å². The van der Waals surface area contributed by atoms with E-state index in [0.29, 0.717) is 11.3 Å². The van der Waals surface area contributed by atoms with E-state index >= 15 is 0 Å². The summed E-state index contributed by atoms with van der Waals surface area (Å²) in [5.41, 5.74) is 13.2. The van der Waals surface area contributed by atoms with Crippen molar-refractivity contribution in [3.8, 4) is 0 Å². The molecule has 2 aliphatic heterocycles. The van der Waals surface area contributed by atoms with Crippen LogP contribution in [0.15, 0.2) is 46.3 Å². The SMILES string of the molecule is CCO/N=C(\C(=O)N[C@@H]1C(=O)N2C(C(=O)[O-])=C(C[n+]3ccn4c(C(N)=O)ccc4c3C)CS[C@H]12)c1csc(N)n1. The molecule has 3 aromatic rings. The van der Waals surface area contributed by atoms with Crippen molar-refractivity contribution in [2.45, 2.75) is 31.8 Å². The molecule has 1 fully saturated rings. The van der Waals surface area contributed by atoms with Gasteiger partial charge in [0.15, 0.2) is 23.6 Å². The molecule has 0 unspecified atom stereocenters. The highest BCUT2D eigenvalue weighted by Gasteiger charge is 2.53. The van der Waals surface area contributed by atoms with E-state index in [0.717, 1.165) is 27.4 Å². The molecule has 14 nitrogen and oxygen atoms in total. The Labute approximate surface area is 235 Å². The topological polar surface area (TPSA) is 201 Å². The molecule has 2 atom stereocenters.